The number of carbonyl (C=O) groups is 2. The largest absolute Gasteiger partial charge is 0.482 e. The summed E-state index contributed by atoms with van der Waals surface area (Å²) in [7, 11) is -1.81. The summed E-state index contributed by atoms with van der Waals surface area (Å²) in [5.74, 6) is -0.987. The van der Waals surface area contributed by atoms with Crippen molar-refractivity contribution in [1.29, 1.82) is 0 Å². The molecule has 0 aliphatic rings. The summed E-state index contributed by atoms with van der Waals surface area (Å²) in [6.07, 6.45) is 0.715. The Hall–Kier alpha value is -2.65. The van der Waals surface area contributed by atoms with Gasteiger partial charge in [-0.2, -0.15) is 8.42 Å². The highest BCUT2D eigenvalue weighted by atomic mass is 35.5. The van der Waals surface area contributed by atoms with Crippen molar-refractivity contribution >= 4 is 45.3 Å². The molecule has 0 aliphatic heterocycles. The highest BCUT2D eigenvalue weighted by Gasteiger charge is 1.99. The first-order valence-electron chi connectivity index (χ1n) is 10.2. The number of rotatable bonds is 10. The molecule has 0 aliphatic carbocycles. The average molecular weight is 588 g/mol. The minimum Gasteiger partial charge on any atom is -0.482 e. The zero-order valence-electron chi connectivity index (χ0n) is 20.2. The smallest absolute Gasteiger partial charge is 0.341 e. The van der Waals surface area contributed by atoms with E-state index in [-0.39, 0.29) is 26.4 Å². The Kier molecular flexibility index (Phi) is 21.2. The second kappa shape index (κ2) is 21.4. The van der Waals surface area contributed by atoms with Crippen molar-refractivity contribution in [3.8, 4) is 11.5 Å². The van der Waals surface area contributed by atoms with E-state index in [0.29, 0.717) is 40.9 Å². The van der Waals surface area contributed by atoms with Gasteiger partial charge in [-0.3, -0.25) is 4.55 Å². The standard InChI is InChI=1S/2C8H7ClO3.C5H13NO2.CH4O3S/c2*9-6-1-3-7(4-2-6)12-5-8(10)11;1-6(2-4-7)3-5-8;1-5(2,3)4/h2*1-4H,5H2,(H,10,11);7-8H,2-5H2,1H3;1H3,(H,2,3,4). The third kappa shape index (κ3) is 29.5. The quantitative estimate of drug-likeness (QED) is 0.254. The Morgan fingerprint density at radius 3 is 1.27 bits per heavy atom. The van der Waals surface area contributed by atoms with Gasteiger partial charge in [0.25, 0.3) is 10.1 Å². The number of aliphatic hydroxyl groups is 2. The summed E-state index contributed by atoms with van der Waals surface area (Å²) < 4.78 is 35.6. The van der Waals surface area contributed by atoms with Crippen LogP contribution in [-0.4, -0.2) is 103 Å². The van der Waals surface area contributed by atoms with Crippen LogP contribution in [0.15, 0.2) is 48.5 Å². The lowest BCUT2D eigenvalue weighted by Crippen LogP contribution is -2.25. The molecule has 0 unspecified atom stereocenters. The Morgan fingerprint density at radius 2 is 1.05 bits per heavy atom. The molecule has 2 rings (SSSR count). The predicted molar refractivity (Wildman–Crippen MR) is 138 cm³/mol. The molecule has 0 radical (unpaired) electrons. The second-order valence-electron chi connectivity index (χ2n) is 6.76. The normalized spacial score (nSPS) is 9.95. The lowest BCUT2D eigenvalue weighted by atomic mass is 10.3. The van der Waals surface area contributed by atoms with Crippen LogP contribution in [-0.2, 0) is 19.7 Å². The Balaban J connectivity index is 0. The van der Waals surface area contributed by atoms with Crippen molar-refractivity contribution in [3.63, 3.8) is 0 Å². The van der Waals surface area contributed by atoms with Crippen LogP contribution in [0.2, 0.25) is 10.0 Å². The molecule has 0 saturated heterocycles. The summed E-state index contributed by atoms with van der Waals surface area (Å²) in [5.41, 5.74) is 0. The molecule has 5 N–H and O–H groups in total. The maximum atomic E-state index is 10.1. The number of likely N-dealkylation sites (N-methyl/N-ethyl adjacent to an activating group) is 1. The van der Waals surface area contributed by atoms with E-state index in [4.69, 9.17) is 57.7 Å². The third-order valence-corrected chi connectivity index (χ3v) is 3.82. The van der Waals surface area contributed by atoms with Gasteiger partial charge in [-0.05, 0) is 55.6 Å². The van der Waals surface area contributed by atoms with E-state index in [9.17, 15) is 18.0 Å². The second-order valence-corrected chi connectivity index (χ2v) is 9.10. The number of aliphatic carboxylic acids is 2. The van der Waals surface area contributed by atoms with Gasteiger partial charge >= 0.3 is 11.9 Å². The number of carboxylic acids is 2. The predicted octanol–water partition coefficient (Wildman–Crippen LogP) is 2.01. The maximum Gasteiger partial charge on any atom is 0.341 e. The van der Waals surface area contributed by atoms with Crippen molar-refractivity contribution in [2.75, 3.05) is 52.8 Å². The molecule has 12 nitrogen and oxygen atoms in total. The lowest BCUT2D eigenvalue weighted by Gasteiger charge is -2.11. The van der Waals surface area contributed by atoms with Crippen LogP contribution in [0.4, 0.5) is 0 Å². The molecule has 2 aromatic rings. The molecule has 0 bridgehead atoms. The number of hydrogen-bond donors (Lipinski definition) is 5. The number of benzene rings is 2. The molecule has 0 heterocycles. The monoisotopic (exact) mass is 587 g/mol. The lowest BCUT2D eigenvalue weighted by molar-refractivity contribution is -0.140. The number of carboxylic acid groups (broad SMARTS) is 2. The van der Waals surface area contributed by atoms with E-state index in [1.54, 1.807) is 48.5 Å². The van der Waals surface area contributed by atoms with Crippen molar-refractivity contribution in [2.45, 2.75) is 0 Å². The molecule has 0 atom stereocenters. The summed E-state index contributed by atoms with van der Waals surface area (Å²) in [4.78, 5) is 22.0. The number of aliphatic hydroxyl groups excluding tert-OH is 2. The van der Waals surface area contributed by atoms with Crippen LogP contribution < -0.4 is 9.47 Å². The third-order valence-electron chi connectivity index (χ3n) is 3.32. The SMILES string of the molecule is CN(CCO)CCO.CS(=O)(=O)O.O=C(O)COc1ccc(Cl)cc1.O=C(O)COc1ccc(Cl)cc1. The fourth-order valence-electron chi connectivity index (χ4n) is 1.81. The van der Waals surface area contributed by atoms with Crippen molar-refractivity contribution in [3.05, 3.63) is 58.6 Å². The summed E-state index contributed by atoms with van der Waals surface area (Å²) in [6.45, 7) is 0.942. The zero-order valence-corrected chi connectivity index (χ0v) is 22.5. The number of ether oxygens (including phenoxy) is 2. The molecule has 15 heteroatoms. The van der Waals surface area contributed by atoms with Gasteiger partial charge in [0.2, 0.25) is 0 Å². The molecular formula is C22H31Cl2NO11S. The molecule has 2 aromatic carbocycles. The topological polar surface area (TPSA) is 191 Å². The Labute approximate surface area is 225 Å². The molecule has 0 spiro atoms. The first kappa shape index (κ1) is 36.5. The molecule has 0 fully saturated rings. The first-order valence-corrected chi connectivity index (χ1v) is 12.8. The van der Waals surface area contributed by atoms with E-state index in [1.165, 1.54) is 0 Å². The van der Waals surface area contributed by atoms with E-state index < -0.39 is 22.1 Å². The number of halogens is 2. The van der Waals surface area contributed by atoms with Crippen molar-refractivity contribution in [2.24, 2.45) is 0 Å². The summed E-state index contributed by atoms with van der Waals surface area (Å²) >= 11 is 11.2. The minimum absolute atomic E-state index is 0.163. The van der Waals surface area contributed by atoms with E-state index in [2.05, 4.69) is 0 Å². The van der Waals surface area contributed by atoms with Gasteiger partial charge in [-0.1, -0.05) is 23.2 Å². The van der Waals surface area contributed by atoms with E-state index in [0.717, 1.165) is 0 Å². The van der Waals surface area contributed by atoms with E-state index >= 15 is 0 Å². The molecule has 0 aromatic heterocycles. The fraction of sp³-hybridized carbons (Fsp3) is 0.364. The highest BCUT2D eigenvalue weighted by Crippen LogP contribution is 2.15. The van der Waals surface area contributed by atoms with Crippen LogP contribution in [0.3, 0.4) is 0 Å². The Morgan fingerprint density at radius 1 is 0.784 bits per heavy atom. The molecule has 0 amide bonds. The molecular weight excluding hydrogens is 557 g/mol. The first-order chi connectivity index (χ1) is 17.2. The van der Waals surface area contributed by atoms with Crippen molar-refractivity contribution in [1.82, 2.24) is 4.90 Å². The zero-order chi connectivity index (χ0) is 28.9. The fourth-order valence-corrected chi connectivity index (χ4v) is 2.06. The van der Waals surface area contributed by atoms with Crippen molar-refractivity contribution < 1.29 is 52.5 Å². The highest BCUT2D eigenvalue weighted by molar-refractivity contribution is 7.85. The van der Waals surface area contributed by atoms with Gasteiger partial charge in [0, 0.05) is 23.1 Å². The van der Waals surface area contributed by atoms with Crippen LogP contribution in [0.5, 0.6) is 11.5 Å². The van der Waals surface area contributed by atoms with Crippen LogP contribution >= 0.6 is 23.2 Å². The molecule has 210 valence electrons. The molecule has 37 heavy (non-hydrogen) atoms. The van der Waals surface area contributed by atoms with Gasteiger partial charge < -0.3 is 34.8 Å². The van der Waals surface area contributed by atoms with Gasteiger partial charge in [0.05, 0.1) is 19.5 Å². The van der Waals surface area contributed by atoms with Gasteiger partial charge in [0.1, 0.15) is 11.5 Å². The summed E-state index contributed by atoms with van der Waals surface area (Å²) in [6, 6.07) is 13.0. The molecule has 0 saturated carbocycles. The number of hydrogen-bond acceptors (Lipinski definition) is 9. The minimum atomic E-state index is -3.67. The van der Waals surface area contributed by atoms with Crippen LogP contribution in [0.1, 0.15) is 0 Å². The van der Waals surface area contributed by atoms with Gasteiger partial charge in [0.15, 0.2) is 13.2 Å². The van der Waals surface area contributed by atoms with Gasteiger partial charge in [-0.15, -0.1) is 0 Å². The number of nitrogens with zero attached hydrogens (tertiary/aromatic N) is 1. The average Bonchev–Trinajstić information content (AvgIpc) is 2.78. The maximum absolute atomic E-state index is 10.1. The van der Waals surface area contributed by atoms with Gasteiger partial charge in [-0.25, -0.2) is 9.59 Å². The van der Waals surface area contributed by atoms with Crippen LogP contribution in [0.25, 0.3) is 0 Å². The van der Waals surface area contributed by atoms with E-state index in [1.807, 2.05) is 11.9 Å². The Bertz CT molecular complexity index is 915. The summed E-state index contributed by atoms with van der Waals surface area (Å²) in [5, 5.41) is 34.4. The van der Waals surface area contributed by atoms with Crippen LogP contribution in [0, 0.1) is 0 Å².